The maximum absolute atomic E-state index is 12.5. The first-order valence-electron chi connectivity index (χ1n) is 5.23. The van der Waals surface area contributed by atoms with E-state index in [0.29, 0.717) is 13.2 Å². The second-order valence-corrected chi connectivity index (χ2v) is 6.94. The summed E-state index contributed by atoms with van der Waals surface area (Å²) in [6.07, 6.45) is -0.496. The minimum absolute atomic E-state index is 0.210. The van der Waals surface area contributed by atoms with Crippen LogP contribution in [0.25, 0.3) is 0 Å². The van der Waals surface area contributed by atoms with E-state index in [4.69, 9.17) is 14.0 Å². The second kappa shape index (κ2) is 5.58. The quantitative estimate of drug-likeness (QED) is 0.696. The van der Waals surface area contributed by atoms with Crippen LogP contribution in [-0.2, 0) is 18.6 Å². The van der Waals surface area contributed by atoms with Crippen LogP contribution in [0.4, 0.5) is 0 Å². The molecular formula is C9H21N2O4P. The molecule has 0 aliphatic carbocycles. The highest BCUT2D eigenvalue weighted by Crippen LogP contribution is 2.51. The molecule has 0 aromatic heterocycles. The highest BCUT2D eigenvalue weighted by Gasteiger charge is 2.34. The van der Waals surface area contributed by atoms with Gasteiger partial charge in [0.05, 0.1) is 13.2 Å². The molecule has 1 saturated heterocycles. The number of nitrogens with zero attached hydrogens (tertiary/aromatic N) is 2. The van der Waals surface area contributed by atoms with Crippen LogP contribution in [0.3, 0.4) is 0 Å². The van der Waals surface area contributed by atoms with E-state index < -0.39 is 7.67 Å². The number of hydrogen-bond donors (Lipinski definition) is 0. The molecule has 0 atom stereocenters. The van der Waals surface area contributed by atoms with E-state index in [1.807, 2.05) is 6.92 Å². The Labute approximate surface area is 97.0 Å². The molecule has 0 unspecified atom stereocenters. The van der Waals surface area contributed by atoms with Crippen LogP contribution in [0, 0.1) is 0 Å². The van der Waals surface area contributed by atoms with Gasteiger partial charge in [-0.15, -0.1) is 0 Å². The van der Waals surface area contributed by atoms with Crippen molar-refractivity contribution in [3.63, 3.8) is 0 Å². The first-order chi connectivity index (χ1) is 7.36. The molecule has 0 spiro atoms. The molecule has 1 fully saturated rings. The molecule has 0 bridgehead atoms. The molecule has 7 heteroatoms. The van der Waals surface area contributed by atoms with Crippen LogP contribution in [0.5, 0.6) is 0 Å². The smallest absolute Gasteiger partial charge is 0.345 e. The summed E-state index contributed by atoms with van der Waals surface area (Å²) in [5.41, 5.74) is 0. The van der Waals surface area contributed by atoms with Crippen molar-refractivity contribution in [1.82, 2.24) is 9.34 Å². The lowest BCUT2D eigenvalue weighted by atomic mass is 10.4. The van der Waals surface area contributed by atoms with E-state index in [-0.39, 0.29) is 12.4 Å². The van der Waals surface area contributed by atoms with Crippen molar-refractivity contribution in [1.29, 1.82) is 0 Å². The molecule has 0 aromatic rings. The lowest BCUT2D eigenvalue weighted by molar-refractivity contribution is -0.202. The van der Waals surface area contributed by atoms with Crippen molar-refractivity contribution in [3.05, 3.63) is 0 Å². The van der Waals surface area contributed by atoms with Gasteiger partial charge in [-0.3, -0.25) is 9.09 Å². The van der Waals surface area contributed by atoms with Gasteiger partial charge in [-0.1, -0.05) is 0 Å². The first kappa shape index (κ1) is 14.1. The van der Waals surface area contributed by atoms with Crippen molar-refractivity contribution < 1.29 is 18.6 Å². The average molecular weight is 252 g/mol. The Bertz CT molecular complexity index is 252. The molecule has 96 valence electrons. The summed E-state index contributed by atoms with van der Waals surface area (Å²) in [7, 11) is 3.98. The highest BCUT2D eigenvalue weighted by atomic mass is 31.2. The van der Waals surface area contributed by atoms with Gasteiger partial charge in [-0.2, -0.15) is 0 Å². The summed E-state index contributed by atoms with van der Waals surface area (Å²) >= 11 is 0. The molecule has 1 rings (SSSR count). The minimum atomic E-state index is -2.94. The van der Waals surface area contributed by atoms with Gasteiger partial charge >= 0.3 is 7.67 Å². The third kappa shape index (κ3) is 3.26. The summed E-state index contributed by atoms with van der Waals surface area (Å²) in [6, 6.07) is 0. The van der Waals surface area contributed by atoms with Crippen molar-refractivity contribution in [2.24, 2.45) is 0 Å². The van der Waals surface area contributed by atoms with Crippen LogP contribution in [0.2, 0.25) is 0 Å². The zero-order valence-electron chi connectivity index (χ0n) is 10.5. The Morgan fingerprint density at radius 3 is 1.94 bits per heavy atom. The molecule has 0 aromatic carbocycles. The van der Waals surface area contributed by atoms with Crippen LogP contribution >= 0.6 is 7.67 Å². The summed E-state index contributed by atoms with van der Waals surface area (Å²) in [5, 5.41) is 0. The van der Waals surface area contributed by atoms with E-state index in [2.05, 4.69) is 0 Å². The van der Waals surface area contributed by atoms with Gasteiger partial charge in [0, 0.05) is 0 Å². The summed E-state index contributed by atoms with van der Waals surface area (Å²) in [5.74, 6) is 0. The molecule has 0 saturated carbocycles. The normalized spacial score (nSPS) is 27.7. The molecule has 0 radical (unpaired) electrons. The summed E-state index contributed by atoms with van der Waals surface area (Å²) < 4.78 is 31.8. The lowest BCUT2D eigenvalue weighted by Crippen LogP contribution is -2.37. The van der Waals surface area contributed by atoms with E-state index in [1.54, 1.807) is 37.5 Å². The van der Waals surface area contributed by atoms with Crippen LogP contribution in [-0.4, -0.2) is 63.1 Å². The van der Waals surface area contributed by atoms with Crippen LogP contribution in [0.15, 0.2) is 0 Å². The Morgan fingerprint density at radius 1 is 1.12 bits per heavy atom. The lowest BCUT2D eigenvalue weighted by Gasteiger charge is -2.35. The van der Waals surface area contributed by atoms with Crippen LogP contribution < -0.4 is 0 Å². The molecule has 0 N–H and O–H groups in total. The van der Waals surface area contributed by atoms with Crippen molar-refractivity contribution in [3.8, 4) is 0 Å². The molecule has 16 heavy (non-hydrogen) atoms. The standard InChI is InChI=1S/C9H21N2O4P/c1-8-13-6-9(7-14-8)15-16(12,10(2)3)11(4)5/h8-9H,6-7H2,1-5H3. The van der Waals surface area contributed by atoms with Crippen molar-refractivity contribution >= 4 is 7.67 Å². The fraction of sp³-hybridized carbons (Fsp3) is 1.00. The average Bonchev–Trinajstić information content (AvgIpc) is 2.20. The third-order valence-electron chi connectivity index (χ3n) is 2.33. The Balaban J connectivity index is 2.60. The van der Waals surface area contributed by atoms with E-state index >= 15 is 0 Å². The Morgan fingerprint density at radius 2 is 1.56 bits per heavy atom. The predicted octanol–water partition coefficient (Wildman–Crippen LogP) is 0.996. The SMILES string of the molecule is CC1OCC(OP(=O)(N(C)C)N(C)C)CO1. The van der Waals surface area contributed by atoms with Gasteiger partial charge in [0.15, 0.2) is 6.29 Å². The number of hydrogen-bond acceptors (Lipinski definition) is 4. The van der Waals surface area contributed by atoms with E-state index in [9.17, 15) is 4.57 Å². The van der Waals surface area contributed by atoms with Crippen LogP contribution in [0.1, 0.15) is 6.92 Å². The molecule has 6 nitrogen and oxygen atoms in total. The molecule has 0 amide bonds. The maximum Gasteiger partial charge on any atom is 0.345 e. The summed E-state index contributed by atoms with van der Waals surface area (Å²) in [6.45, 7) is 2.65. The number of rotatable bonds is 4. The van der Waals surface area contributed by atoms with E-state index in [1.165, 1.54) is 0 Å². The minimum Gasteiger partial charge on any atom is -0.350 e. The van der Waals surface area contributed by atoms with Gasteiger partial charge in [0.1, 0.15) is 6.10 Å². The molecule has 1 aliphatic heterocycles. The second-order valence-electron chi connectivity index (χ2n) is 4.15. The topological polar surface area (TPSA) is 51.2 Å². The fourth-order valence-corrected chi connectivity index (χ4v) is 2.99. The number of ether oxygens (including phenoxy) is 2. The largest absolute Gasteiger partial charge is 0.350 e. The zero-order valence-corrected chi connectivity index (χ0v) is 11.4. The molecule has 1 aliphatic rings. The highest BCUT2D eigenvalue weighted by molar-refractivity contribution is 7.53. The van der Waals surface area contributed by atoms with Gasteiger partial charge in [-0.25, -0.2) is 9.34 Å². The maximum atomic E-state index is 12.5. The third-order valence-corrected chi connectivity index (χ3v) is 4.93. The summed E-state index contributed by atoms with van der Waals surface area (Å²) in [4.78, 5) is 0. The predicted molar refractivity (Wildman–Crippen MR) is 61.2 cm³/mol. The van der Waals surface area contributed by atoms with E-state index in [0.717, 1.165) is 0 Å². The molecule has 1 heterocycles. The van der Waals surface area contributed by atoms with Gasteiger partial charge in [-0.05, 0) is 35.1 Å². The molecular weight excluding hydrogens is 231 g/mol. The van der Waals surface area contributed by atoms with Crippen molar-refractivity contribution in [2.75, 3.05) is 41.4 Å². The Hall–Kier alpha value is 0.0300. The van der Waals surface area contributed by atoms with Crippen molar-refractivity contribution in [2.45, 2.75) is 19.3 Å². The van der Waals surface area contributed by atoms with Gasteiger partial charge in [0.2, 0.25) is 0 Å². The Kier molecular flexibility index (Phi) is 4.91. The zero-order chi connectivity index (χ0) is 12.3. The fourth-order valence-electron chi connectivity index (χ4n) is 1.38. The van der Waals surface area contributed by atoms with Gasteiger partial charge < -0.3 is 9.47 Å². The van der Waals surface area contributed by atoms with Gasteiger partial charge in [0.25, 0.3) is 0 Å². The monoisotopic (exact) mass is 252 g/mol. The first-order valence-corrected chi connectivity index (χ1v) is 6.76.